The van der Waals surface area contributed by atoms with Gasteiger partial charge in [0.15, 0.2) is 0 Å². The van der Waals surface area contributed by atoms with E-state index < -0.39 is 5.41 Å². The molecule has 5 rings (SSSR count). The summed E-state index contributed by atoms with van der Waals surface area (Å²) in [4.78, 5) is 15.8. The van der Waals surface area contributed by atoms with Gasteiger partial charge in [0.05, 0.1) is 24.9 Å². The predicted molar refractivity (Wildman–Crippen MR) is 119 cm³/mol. The van der Waals surface area contributed by atoms with E-state index in [4.69, 9.17) is 13.9 Å². The van der Waals surface area contributed by atoms with Crippen LogP contribution in [0.25, 0.3) is 11.0 Å². The molecular formula is C26H28FNO4. The zero-order valence-corrected chi connectivity index (χ0v) is 18.1. The minimum Gasteiger partial charge on any atom is -0.464 e. The van der Waals surface area contributed by atoms with Gasteiger partial charge in [0.1, 0.15) is 11.4 Å². The molecule has 0 N–H and O–H groups in total. The summed E-state index contributed by atoms with van der Waals surface area (Å²) in [5.74, 6) is -0.175. The molecule has 1 aromatic heterocycles. The smallest absolute Gasteiger partial charge is 0.233 e. The van der Waals surface area contributed by atoms with E-state index in [0.29, 0.717) is 57.9 Å². The van der Waals surface area contributed by atoms with Crippen molar-refractivity contribution >= 4 is 16.9 Å². The summed E-state index contributed by atoms with van der Waals surface area (Å²) in [7, 11) is 0. The molecule has 2 saturated heterocycles. The largest absolute Gasteiger partial charge is 0.464 e. The maximum Gasteiger partial charge on any atom is 0.233 e. The standard InChI is InChI=1S/C26H28FNO4/c27-23-4-2-1-3-22(23)26(8-12-30-13-9-26)25(29)28-10-14-31-18-20(17-28)15-19-5-6-21-7-11-32-24(21)16-19/h1-7,11,16,20H,8-10,12-15,17-18H2/t20-/m0/s1. The Kier molecular flexibility index (Phi) is 5.98. The van der Waals surface area contributed by atoms with Gasteiger partial charge in [-0.1, -0.05) is 30.3 Å². The molecule has 0 spiro atoms. The van der Waals surface area contributed by atoms with Crippen molar-refractivity contribution in [2.75, 3.05) is 39.5 Å². The number of carbonyl (C=O) groups is 1. The SMILES string of the molecule is O=C(N1CCOC[C@@H](Cc2ccc3ccoc3c2)C1)C1(c2ccccc2F)CCOCC1. The lowest BCUT2D eigenvalue weighted by Gasteiger charge is -2.40. The van der Waals surface area contributed by atoms with E-state index in [9.17, 15) is 9.18 Å². The fourth-order valence-corrected chi connectivity index (χ4v) is 5.12. The highest BCUT2D eigenvalue weighted by molar-refractivity contribution is 5.88. The highest BCUT2D eigenvalue weighted by Crippen LogP contribution is 2.38. The van der Waals surface area contributed by atoms with Crippen LogP contribution in [0.4, 0.5) is 4.39 Å². The first-order valence-electron chi connectivity index (χ1n) is 11.3. The Bertz CT molecular complexity index is 1090. The maximum atomic E-state index is 14.8. The Morgan fingerprint density at radius 3 is 2.75 bits per heavy atom. The summed E-state index contributed by atoms with van der Waals surface area (Å²) in [6.45, 7) is 3.10. The van der Waals surface area contributed by atoms with E-state index in [0.717, 1.165) is 23.0 Å². The van der Waals surface area contributed by atoms with E-state index in [2.05, 4.69) is 18.2 Å². The number of nitrogens with zero attached hydrogens (tertiary/aromatic N) is 1. The van der Waals surface area contributed by atoms with Crippen LogP contribution in [0.3, 0.4) is 0 Å². The van der Waals surface area contributed by atoms with Gasteiger partial charge in [-0.3, -0.25) is 4.79 Å². The highest BCUT2D eigenvalue weighted by atomic mass is 19.1. The van der Waals surface area contributed by atoms with E-state index in [1.165, 1.54) is 6.07 Å². The van der Waals surface area contributed by atoms with Crippen LogP contribution < -0.4 is 0 Å². The number of ether oxygens (including phenoxy) is 2. The monoisotopic (exact) mass is 437 g/mol. The van der Waals surface area contributed by atoms with Gasteiger partial charge in [0, 0.05) is 43.2 Å². The van der Waals surface area contributed by atoms with Gasteiger partial charge in [0.2, 0.25) is 5.91 Å². The maximum absolute atomic E-state index is 14.8. The van der Waals surface area contributed by atoms with Gasteiger partial charge in [0.25, 0.3) is 0 Å². The van der Waals surface area contributed by atoms with Crippen molar-refractivity contribution in [2.45, 2.75) is 24.7 Å². The lowest BCUT2D eigenvalue weighted by molar-refractivity contribution is -0.142. The van der Waals surface area contributed by atoms with Gasteiger partial charge in [-0.2, -0.15) is 0 Å². The number of benzene rings is 2. The minimum absolute atomic E-state index is 0.0112. The Morgan fingerprint density at radius 1 is 1.06 bits per heavy atom. The summed E-state index contributed by atoms with van der Waals surface area (Å²) < 4.78 is 31.8. The van der Waals surface area contributed by atoms with Gasteiger partial charge >= 0.3 is 0 Å². The molecule has 1 amide bonds. The fraction of sp³-hybridized carbons (Fsp3) is 0.423. The van der Waals surface area contributed by atoms with Gasteiger partial charge in [-0.15, -0.1) is 0 Å². The molecule has 0 unspecified atom stereocenters. The van der Waals surface area contributed by atoms with Crippen LogP contribution in [0, 0.1) is 11.7 Å². The summed E-state index contributed by atoms with van der Waals surface area (Å²) in [6.07, 6.45) is 3.46. The van der Waals surface area contributed by atoms with Gasteiger partial charge in [-0.25, -0.2) is 4.39 Å². The number of halogens is 1. The highest BCUT2D eigenvalue weighted by Gasteiger charge is 2.46. The van der Waals surface area contributed by atoms with Crippen molar-refractivity contribution in [1.29, 1.82) is 0 Å². The zero-order valence-electron chi connectivity index (χ0n) is 18.1. The number of hydrogen-bond donors (Lipinski definition) is 0. The number of furan rings is 1. The number of carbonyl (C=O) groups excluding carboxylic acids is 1. The van der Waals surface area contributed by atoms with Crippen LogP contribution in [0.5, 0.6) is 0 Å². The summed E-state index contributed by atoms with van der Waals surface area (Å²) >= 11 is 0. The molecule has 3 aromatic rings. The molecule has 2 aromatic carbocycles. The molecule has 5 nitrogen and oxygen atoms in total. The molecule has 168 valence electrons. The first-order valence-corrected chi connectivity index (χ1v) is 11.3. The number of fused-ring (bicyclic) bond motifs is 1. The third kappa shape index (κ3) is 4.05. The van der Waals surface area contributed by atoms with Crippen LogP contribution in [0.1, 0.15) is 24.0 Å². The predicted octanol–water partition coefficient (Wildman–Crippen LogP) is 4.34. The lowest BCUT2D eigenvalue weighted by atomic mass is 9.72. The lowest BCUT2D eigenvalue weighted by Crippen LogP contribution is -2.51. The molecule has 1 atom stereocenters. The van der Waals surface area contributed by atoms with Crippen LogP contribution in [-0.2, 0) is 26.1 Å². The average molecular weight is 438 g/mol. The molecular weight excluding hydrogens is 409 g/mol. The van der Waals surface area contributed by atoms with Gasteiger partial charge in [-0.05, 0) is 43.0 Å². The zero-order chi connectivity index (χ0) is 22.0. The van der Waals surface area contributed by atoms with E-state index in [-0.39, 0.29) is 17.6 Å². The van der Waals surface area contributed by atoms with Crippen molar-refractivity contribution in [2.24, 2.45) is 5.92 Å². The first kappa shape index (κ1) is 21.2. The molecule has 6 heteroatoms. The third-order valence-electron chi connectivity index (χ3n) is 6.82. The van der Waals surface area contributed by atoms with Crippen molar-refractivity contribution in [3.63, 3.8) is 0 Å². The number of rotatable bonds is 4. The average Bonchev–Trinajstić information content (AvgIpc) is 3.16. The quantitative estimate of drug-likeness (QED) is 0.609. The third-order valence-corrected chi connectivity index (χ3v) is 6.82. The molecule has 0 bridgehead atoms. The number of amides is 1. The molecule has 2 aliphatic heterocycles. The van der Waals surface area contributed by atoms with Crippen molar-refractivity contribution in [1.82, 2.24) is 4.90 Å². The van der Waals surface area contributed by atoms with Crippen molar-refractivity contribution < 1.29 is 23.1 Å². The summed E-state index contributed by atoms with van der Waals surface area (Å²) in [6, 6.07) is 14.8. The molecule has 2 fully saturated rings. The van der Waals surface area contributed by atoms with Crippen molar-refractivity contribution in [3.8, 4) is 0 Å². The van der Waals surface area contributed by atoms with Gasteiger partial charge < -0.3 is 18.8 Å². The molecule has 2 aliphatic rings. The van der Waals surface area contributed by atoms with Crippen LogP contribution in [0.15, 0.2) is 59.2 Å². The normalized spacial score (nSPS) is 21.4. The topological polar surface area (TPSA) is 51.9 Å². The molecule has 3 heterocycles. The second-order valence-corrected chi connectivity index (χ2v) is 8.86. The van der Waals surface area contributed by atoms with Crippen LogP contribution >= 0.6 is 0 Å². The second-order valence-electron chi connectivity index (χ2n) is 8.86. The first-order chi connectivity index (χ1) is 15.7. The van der Waals surface area contributed by atoms with E-state index in [1.54, 1.807) is 18.4 Å². The van der Waals surface area contributed by atoms with Crippen LogP contribution in [0.2, 0.25) is 0 Å². The summed E-state index contributed by atoms with van der Waals surface area (Å²) in [5.41, 5.74) is 1.63. The Morgan fingerprint density at radius 2 is 1.91 bits per heavy atom. The molecule has 0 radical (unpaired) electrons. The summed E-state index contributed by atoms with van der Waals surface area (Å²) in [5, 5.41) is 1.08. The minimum atomic E-state index is -0.883. The molecule has 0 saturated carbocycles. The Balaban J connectivity index is 1.39. The Labute approximate surface area is 187 Å². The molecule has 32 heavy (non-hydrogen) atoms. The number of hydrogen-bond acceptors (Lipinski definition) is 4. The van der Waals surface area contributed by atoms with E-state index >= 15 is 0 Å². The Hall–Kier alpha value is -2.70. The second kappa shape index (κ2) is 9.04. The molecule has 0 aliphatic carbocycles. The van der Waals surface area contributed by atoms with Crippen LogP contribution in [-0.4, -0.2) is 50.3 Å². The van der Waals surface area contributed by atoms with E-state index in [1.807, 2.05) is 17.0 Å². The van der Waals surface area contributed by atoms with Crippen molar-refractivity contribution in [3.05, 3.63) is 71.7 Å². The fourth-order valence-electron chi connectivity index (χ4n) is 5.12.